The molecule has 1 saturated heterocycles. The Bertz CT molecular complexity index is 496. The van der Waals surface area contributed by atoms with Gasteiger partial charge in [-0.25, -0.2) is 0 Å². The molecule has 0 aliphatic carbocycles. The Morgan fingerprint density at radius 3 is 2.17 bits per heavy atom. The first-order valence-corrected chi connectivity index (χ1v) is 7.21. The highest BCUT2D eigenvalue weighted by atomic mass is 35.5. The van der Waals surface area contributed by atoms with Gasteiger partial charge in [-0.2, -0.15) is 0 Å². The quantitative estimate of drug-likeness (QED) is 0.800. The fourth-order valence-corrected chi connectivity index (χ4v) is 2.43. The van der Waals surface area contributed by atoms with E-state index in [0.29, 0.717) is 29.5 Å². The number of piperazine rings is 1. The summed E-state index contributed by atoms with van der Waals surface area (Å²) < 4.78 is 15.8. The summed E-state index contributed by atoms with van der Waals surface area (Å²) in [4.78, 5) is 14.3. The van der Waals surface area contributed by atoms with Crippen LogP contribution in [0.5, 0.6) is 17.2 Å². The van der Waals surface area contributed by atoms with Gasteiger partial charge in [0.05, 0.1) is 27.9 Å². The van der Waals surface area contributed by atoms with Crippen molar-refractivity contribution in [2.24, 2.45) is 0 Å². The van der Waals surface area contributed by atoms with Crippen LogP contribution in [0, 0.1) is 0 Å². The summed E-state index contributed by atoms with van der Waals surface area (Å²) in [6.45, 7) is 3.96. The molecule has 1 aliphatic heterocycles. The molecule has 2 N–H and O–H groups in total. The van der Waals surface area contributed by atoms with Crippen LogP contribution in [-0.4, -0.2) is 64.9 Å². The number of methoxy groups -OCH3 is 3. The predicted molar refractivity (Wildman–Crippen MR) is 91.3 cm³/mol. The van der Waals surface area contributed by atoms with E-state index in [1.807, 2.05) is 0 Å². The Morgan fingerprint density at radius 2 is 1.70 bits per heavy atom. The maximum atomic E-state index is 12.1. The first kappa shape index (κ1) is 19.3. The summed E-state index contributed by atoms with van der Waals surface area (Å²) in [6, 6.07) is 3.44. The Balaban J connectivity index is 0.00000264. The summed E-state index contributed by atoms with van der Waals surface area (Å²) in [7, 11) is 4.64. The van der Waals surface area contributed by atoms with Crippen LogP contribution < -0.4 is 24.8 Å². The van der Waals surface area contributed by atoms with E-state index in [1.54, 1.807) is 33.5 Å². The van der Waals surface area contributed by atoms with Crippen LogP contribution in [0.15, 0.2) is 12.1 Å². The van der Waals surface area contributed by atoms with Crippen molar-refractivity contribution in [2.75, 3.05) is 59.4 Å². The Kier molecular flexibility index (Phi) is 7.94. The number of carbonyl (C=O) groups is 1. The number of anilines is 1. The van der Waals surface area contributed by atoms with Crippen molar-refractivity contribution in [3.05, 3.63) is 12.1 Å². The van der Waals surface area contributed by atoms with E-state index in [1.165, 1.54) is 0 Å². The molecule has 0 spiro atoms. The highest BCUT2D eigenvalue weighted by molar-refractivity contribution is 5.93. The van der Waals surface area contributed by atoms with Crippen LogP contribution in [-0.2, 0) is 4.79 Å². The summed E-state index contributed by atoms with van der Waals surface area (Å²) >= 11 is 0. The molecule has 1 aliphatic rings. The number of amides is 1. The van der Waals surface area contributed by atoms with Gasteiger partial charge in [-0.15, -0.1) is 12.4 Å². The van der Waals surface area contributed by atoms with Gasteiger partial charge >= 0.3 is 0 Å². The van der Waals surface area contributed by atoms with Crippen LogP contribution in [0.2, 0.25) is 0 Å². The number of nitrogens with one attached hydrogen (secondary N) is 2. The lowest BCUT2D eigenvalue weighted by Crippen LogP contribution is -2.46. The summed E-state index contributed by atoms with van der Waals surface area (Å²) in [5.41, 5.74) is 0.620. The number of hydrogen-bond donors (Lipinski definition) is 2. The molecule has 2 rings (SSSR count). The van der Waals surface area contributed by atoms with Crippen molar-refractivity contribution < 1.29 is 19.0 Å². The molecule has 1 aromatic carbocycles. The molecule has 7 nitrogen and oxygen atoms in total. The Morgan fingerprint density at radius 1 is 1.13 bits per heavy atom. The lowest BCUT2D eigenvalue weighted by molar-refractivity contribution is -0.117. The molecule has 0 saturated carbocycles. The summed E-state index contributed by atoms with van der Waals surface area (Å²) in [6.07, 6.45) is 0. The first-order valence-electron chi connectivity index (χ1n) is 7.21. The molecule has 0 atom stereocenters. The minimum atomic E-state index is -0.0591. The maximum Gasteiger partial charge on any atom is 0.238 e. The van der Waals surface area contributed by atoms with Crippen molar-refractivity contribution >= 4 is 24.0 Å². The smallest absolute Gasteiger partial charge is 0.238 e. The SMILES string of the molecule is COc1cc(NC(=O)CN2CCNCC2)cc(OC)c1OC.Cl. The second-order valence-corrected chi connectivity index (χ2v) is 4.99. The molecule has 1 aromatic rings. The predicted octanol–water partition coefficient (Wildman–Crippen LogP) is 0.978. The highest BCUT2D eigenvalue weighted by Crippen LogP contribution is 2.39. The van der Waals surface area contributed by atoms with Crippen LogP contribution in [0.25, 0.3) is 0 Å². The van der Waals surface area contributed by atoms with Gasteiger partial charge in [0.15, 0.2) is 11.5 Å². The van der Waals surface area contributed by atoms with Crippen LogP contribution in [0.4, 0.5) is 5.69 Å². The zero-order valence-electron chi connectivity index (χ0n) is 13.7. The first-order chi connectivity index (χ1) is 10.7. The molecule has 8 heteroatoms. The molecule has 1 heterocycles. The monoisotopic (exact) mass is 345 g/mol. The van der Waals surface area contributed by atoms with Gasteiger partial charge in [0.2, 0.25) is 11.7 Å². The van der Waals surface area contributed by atoms with Crippen molar-refractivity contribution in [2.45, 2.75) is 0 Å². The largest absolute Gasteiger partial charge is 0.493 e. The second kappa shape index (κ2) is 9.44. The molecular formula is C15H24ClN3O4. The molecule has 1 amide bonds. The average molecular weight is 346 g/mol. The lowest BCUT2D eigenvalue weighted by Gasteiger charge is -2.26. The van der Waals surface area contributed by atoms with Crippen molar-refractivity contribution in [1.29, 1.82) is 0 Å². The zero-order valence-corrected chi connectivity index (χ0v) is 14.5. The number of benzene rings is 1. The molecule has 0 bridgehead atoms. The van der Waals surface area contributed by atoms with Gasteiger partial charge in [-0.05, 0) is 0 Å². The minimum absolute atomic E-state index is 0. The Hall–Kier alpha value is -1.70. The number of rotatable bonds is 6. The van der Waals surface area contributed by atoms with Crippen molar-refractivity contribution in [3.63, 3.8) is 0 Å². The molecule has 23 heavy (non-hydrogen) atoms. The Labute approximate surface area is 142 Å². The normalized spacial score (nSPS) is 14.6. The molecular weight excluding hydrogens is 322 g/mol. The second-order valence-electron chi connectivity index (χ2n) is 4.99. The van der Waals surface area contributed by atoms with Gasteiger partial charge in [0.1, 0.15) is 0 Å². The van der Waals surface area contributed by atoms with E-state index < -0.39 is 0 Å². The summed E-state index contributed by atoms with van der Waals surface area (Å²) in [5.74, 6) is 1.47. The summed E-state index contributed by atoms with van der Waals surface area (Å²) in [5, 5.41) is 6.13. The number of carbonyl (C=O) groups excluding carboxylic acids is 1. The molecule has 1 fully saturated rings. The molecule has 0 radical (unpaired) electrons. The van der Waals surface area contributed by atoms with Gasteiger partial charge in [-0.3, -0.25) is 9.69 Å². The van der Waals surface area contributed by atoms with E-state index in [0.717, 1.165) is 26.2 Å². The van der Waals surface area contributed by atoms with Gasteiger partial charge in [0, 0.05) is 44.0 Å². The van der Waals surface area contributed by atoms with E-state index in [4.69, 9.17) is 14.2 Å². The zero-order chi connectivity index (χ0) is 15.9. The maximum absolute atomic E-state index is 12.1. The minimum Gasteiger partial charge on any atom is -0.493 e. The molecule has 130 valence electrons. The van der Waals surface area contributed by atoms with Crippen molar-refractivity contribution in [1.82, 2.24) is 10.2 Å². The third-order valence-corrected chi connectivity index (χ3v) is 3.53. The molecule has 0 aromatic heterocycles. The fraction of sp³-hybridized carbons (Fsp3) is 0.533. The number of halogens is 1. The van der Waals surface area contributed by atoms with E-state index in [2.05, 4.69) is 15.5 Å². The highest BCUT2D eigenvalue weighted by Gasteiger charge is 2.16. The van der Waals surface area contributed by atoms with Gasteiger partial charge in [0.25, 0.3) is 0 Å². The average Bonchev–Trinajstić information content (AvgIpc) is 2.54. The van der Waals surface area contributed by atoms with Crippen LogP contribution in [0.3, 0.4) is 0 Å². The number of nitrogens with zero attached hydrogens (tertiary/aromatic N) is 1. The third-order valence-electron chi connectivity index (χ3n) is 3.53. The van der Waals surface area contributed by atoms with E-state index >= 15 is 0 Å². The number of hydrogen-bond acceptors (Lipinski definition) is 6. The van der Waals surface area contributed by atoms with E-state index in [9.17, 15) is 4.79 Å². The molecule has 0 unspecified atom stereocenters. The van der Waals surface area contributed by atoms with Crippen LogP contribution in [0.1, 0.15) is 0 Å². The third kappa shape index (κ3) is 5.16. The van der Waals surface area contributed by atoms with E-state index in [-0.39, 0.29) is 18.3 Å². The van der Waals surface area contributed by atoms with Crippen molar-refractivity contribution in [3.8, 4) is 17.2 Å². The van der Waals surface area contributed by atoms with Crippen LogP contribution >= 0.6 is 12.4 Å². The standard InChI is InChI=1S/C15H23N3O4.ClH/c1-20-12-8-11(9-13(21-2)15(12)22-3)17-14(19)10-18-6-4-16-5-7-18;/h8-9,16H,4-7,10H2,1-3H3,(H,17,19);1H. The lowest BCUT2D eigenvalue weighted by atomic mass is 10.2. The number of ether oxygens (including phenoxy) is 3. The fourth-order valence-electron chi connectivity index (χ4n) is 2.43. The van der Waals surface area contributed by atoms with Gasteiger partial charge < -0.3 is 24.8 Å². The topological polar surface area (TPSA) is 72.1 Å². The van der Waals surface area contributed by atoms with Gasteiger partial charge in [-0.1, -0.05) is 0 Å².